The van der Waals surface area contributed by atoms with Gasteiger partial charge in [-0.2, -0.15) is 26.3 Å². The van der Waals surface area contributed by atoms with Crippen molar-refractivity contribution in [1.82, 2.24) is 0 Å². The van der Waals surface area contributed by atoms with Gasteiger partial charge in [-0.05, 0) is 29.6 Å². The number of ether oxygens (including phenoxy) is 1. The highest BCUT2D eigenvalue weighted by Crippen LogP contribution is 2.25. The van der Waals surface area contributed by atoms with Gasteiger partial charge in [0, 0.05) is 9.82 Å². The molecule has 1 aromatic carbocycles. The van der Waals surface area contributed by atoms with Crippen LogP contribution in [0.4, 0.5) is 26.3 Å². The number of carbonyl (C=O) groups is 1. The van der Waals surface area contributed by atoms with E-state index in [1.807, 2.05) is 0 Å². The van der Waals surface area contributed by atoms with E-state index < -0.39 is 49.2 Å². The van der Waals surface area contributed by atoms with Gasteiger partial charge in [0.1, 0.15) is 12.6 Å². The summed E-state index contributed by atoms with van der Waals surface area (Å²) in [4.78, 5) is 15.9. The Morgan fingerprint density at radius 3 is 1.81 bits per heavy atom. The molecule has 0 bridgehead atoms. The second-order valence-electron chi connectivity index (χ2n) is 5.89. The van der Waals surface area contributed by atoms with E-state index in [4.69, 9.17) is 21.3 Å². The summed E-state index contributed by atoms with van der Waals surface area (Å²) in [6.07, 6.45) is -15.2. The second kappa shape index (κ2) is 13.3. The van der Waals surface area contributed by atoms with Crippen molar-refractivity contribution in [2.75, 3.05) is 6.61 Å². The van der Waals surface area contributed by atoms with Crippen molar-refractivity contribution in [2.24, 2.45) is 10.2 Å². The predicted molar refractivity (Wildman–Crippen MR) is 97.0 cm³/mol. The molecule has 0 aliphatic heterocycles. The van der Waals surface area contributed by atoms with E-state index in [9.17, 15) is 31.1 Å². The largest absolute Gasteiger partial charge is 0.462 e. The van der Waals surface area contributed by atoms with Gasteiger partial charge in [0.2, 0.25) is 0 Å². The number of esters is 1. The normalized spacial score (nSPS) is 14.9. The van der Waals surface area contributed by atoms with E-state index in [1.165, 1.54) is 19.1 Å². The first-order chi connectivity index (χ1) is 14.8. The van der Waals surface area contributed by atoms with Crippen LogP contribution in [0.1, 0.15) is 23.7 Å². The Kier molecular flexibility index (Phi) is 11.9. The number of carbonyl (C=O) groups excluding carboxylic acids is 1. The minimum absolute atomic E-state index is 0.0509. The lowest BCUT2D eigenvalue weighted by atomic mass is 10.1. The predicted octanol–water partition coefficient (Wildman–Crippen LogP) is 4.44. The van der Waals surface area contributed by atoms with Gasteiger partial charge >= 0.3 is 18.3 Å². The summed E-state index contributed by atoms with van der Waals surface area (Å²) in [7, 11) is 0. The quantitative estimate of drug-likeness (QED) is 0.188. The van der Waals surface area contributed by atoms with Crippen molar-refractivity contribution in [3.63, 3.8) is 0 Å². The van der Waals surface area contributed by atoms with E-state index in [1.54, 1.807) is 18.2 Å². The Bertz CT molecular complexity index is 809. The topological polar surface area (TPSA) is 164 Å². The number of alkyl halides is 6. The zero-order valence-electron chi connectivity index (χ0n) is 16.3. The molecule has 0 aliphatic rings. The Morgan fingerprint density at radius 2 is 1.41 bits per heavy atom. The maximum Gasteiger partial charge on any atom is 0.414 e. The summed E-state index contributed by atoms with van der Waals surface area (Å²) in [6, 6.07) is 4.18. The molecule has 0 spiro atoms. The number of rotatable bonds is 8. The Morgan fingerprint density at radius 1 is 0.969 bits per heavy atom. The molecule has 2 N–H and O–H groups in total. The highest BCUT2D eigenvalue weighted by atomic mass is 19.4. The van der Waals surface area contributed by atoms with Crippen molar-refractivity contribution in [3.05, 3.63) is 56.8 Å². The maximum atomic E-state index is 12.3. The molecular formula is C16H18F6N6O4. The van der Waals surface area contributed by atoms with Crippen LogP contribution in [0, 0.1) is 0 Å². The monoisotopic (exact) mass is 472 g/mol. The molecule has 0 unspecified atom stereocenters. The van der Waals surface area contributed by atoms with E-state index in [0.717, 1.165) is 0 Å². The van der Waals surface area contributed by atoms with Crippen LogP contribution in [-0.2, 0) is 4.74 Å². The van der Waals surface area contributed by atoms with Gasteiger partial charge in [-0.1, -0.05) is 35.4 Å². The van der Waals surface area contributed by atoms with Gasteiger partial charge in [0.25, 0.3) is 0 Å². The van der Waals surface area contributed by atoms with Gasteiger partial charge < -0.3 is 14.9 Å². The molecular weight excluding hydrogens is 454 g/mol. The lowest BCUT2D eigenvalue weighted by Gasteiger charge is -2.20. The van der Waals surface area contributed by atoms with Crippen LogP contribution in [0.15, 0.2) is 40.6 Å². The average molecular weight is 472 g/mol. The molecule has 32 heavy (non-hydrogen) atoms. The van der Waals surface area contributed by atoms with Gasteiger partial charge in [0.15, 0.2) is 12.2 Å². The molecule has 0 fully saturated rings. The number of halogens is 6. The molecule has 0 amide bonds. The molecule has 0 saturated carbocycles. The van der Waals surface area contributed by atoms with Crippen molar-refractivity contribution in [2.45, 2.75) is 50.0 Å². The van der Waals surface area contributed by atoms with Crippen molar-refractivity contribution < 1.29 is 46.1 Å². The molecule has 0 heterocycles. The standard InChI is InChI=1S/C11H10F3N3O3.C5H8F3N3O/c12-11(13,14)9(18)8(16-17-15)6-20-10(19)7-4-2-1-3-5-7;1-2-3(10-11-9)4(12)5(6,7)8/h1-5,8-9,18H,6H2;3-4,12H,2H2,1H3/t8-,9-;3-,4-/m10/s1. The third-order valence-electron chi connectivity index (χ3n) is 3.61. The van der Waals surface area contributed by atoms with E-state index >= 15 is 0 Å². The van der Waals surface area contributed by atoms with Gasteiger partial charge in [0.05, 0.1) is 11.6 Å². The molecule has 0 radical (unpaired) electrons. The van der Waals surface area contributed by atoms with Crippen molar-refractivity contribution >= 4 is 5.97 Å². The van der Waals surface area contributed by atoms with Crippen LogP contribution in [0.2, 0.25) is 0 Å². The average Bonchev–Trinajstić information content (AvgIpc) is 2.73. The van der Waals surface area contributed by atoms with Gasteiger partial charge in [-0.3, -0.25) is 0 Å². The molecule has 10 nitrogen and oxygen atoms in total. The highest BCUT2D eigenvalue weighted by molar-refractivity contribution is 5.89. The fourth-order valence-corrected chi connectivity index (χ4v) is 1.94. The van der Waals surface area contributed by atoms with Crippen LogP contribution in [0.25, 0.3) is 20.9 Å². The summed E-state index contributed by atoms with van der Waals surface area (Å²) in [5.41, 5.74) is 16.2. The minimum Gasteiger partial charge on any atom is -0.462 e. The summed E-state index contributed by atoms with van der Waals surface area (Å²) in [5.74, 6) is -0.877. The molecule has 1 rings (SSSR count). The maximum absolute atomic E-state index is 12.3. The third kappa shape index (κ3) is 10.2. The lowest BCUT2D eigenvalue weighted by molar-refractivity contribution is -0.211. The number of hydrogen-bond donors (Lipinski definition) is 2. The zero-order valence-corrected chi connectivity index (χ0v) is 16.3. The first kappa shape index (κ1) is 28.8. The molecule has 16 heteroatoms. The van der Waals surface area contributed by atoms with Crippen LogP contribution < -0.4 is 0 Å². The number of aliphatic hydroxyl groups excluding tert-OH is 2. The summed E-state index contributed by atoms with van der Waals surface area (Å²) < 4.78 is 76.8. The molecule has 0 saturated heterocycles. The lowest BCUT2D eigenvalue weighted by Crippen LogP contribution is -2.41. The molecule has 0 aromatic heterocycles. The number of benzene rings is 1. The Balaban J connectivity index is 0.000000687. The van der Waals surface area contributed by atoms with Crippen LogP contribution in [-0.4, -0.2) is 59.4 Å². The number of aliphatic hydroxyl groups is 2. The van der Waals surface area contributed by atoms with E-state index in [0.29, 0.717) is 0 Å². The number of azide groups is 2. The SMILES string of the molecule is CC[C@H](N=[N+]=[N-])[C@H](O)C(F)(F)F.[N-]=[N+]=N[C@H](COC(=O)c1ccccc1)[C@@H](O)C(F)(F)F. The number of nitrogens with zero attached hydrogens (tertiary/aromatic N) is 6. The summed E-state index contributed by atoms with van der Waals surface area (Å²) >= 11 is 0. The van der Waals surface area contributed by atoms with Crippen LogP contribution in [0.5, 0.6) is 0 Å². The first-order valence-electron chi connectivity index (χ1n) is 8.59. The Hall–Kier alpha value is -3.19. The van der Waals surface area contributed by atoms with Gasteiger partial charge in [-0.25, -0.2) is 4.79 Å². The summed E-state index contributed by atoms with van der Waals surface area (Å²) in [5, 5.41) is 23.2. The molecule has 178 valence electrons. The van der Waals surface area contributed by atoms with Crippen molar-refractivity contribution in [3.8, 4) is 0 Å². The highest BCUT2D eigenvalue weighted by Gasteiger charge is 2.44. The van der Waals surface area contributed by atoms with E-state index in [2.05, 4.69) is 24.8 Å². The van der Waals surface area contributed by atoms with E-state index in [-0.39, 0.29) is 12.0 Å². The fourth-order valence-electron chi connectivity index (χ4n) is 1.94. The zero-order chi connectivity index (χ0) is 24.9. The fraction of sp³-hybridized carbons (Fsp3) is 0.562. The van der Waals surface area contributed by atoms with Crippen molar-refractivity contribution in [1.29, 1.82) is 0 Å². The molecule has 4 atom stereocenters. The summed E-state index contributed by atoms with van der Waals surface area (Å²) in [6.45, 7) is 0.521. The third-order valence-corrected chi connectivity index (χ3v) is 3.61. The smallest absolute Gasteiger partial charge is 0.414 e. The first-order valence-corrected chi connectivity index (χ1v) is 8.59. The van der Waals surface area contributed by atoms with Crippen LogP contribution in [0.3, 0.4) is 0 Å². The second-order valence-corrected chi connectivity index (χ2v) is 5.89. The minimum atomic E-state index is -4.97. The number of hydrogen-bond acceptors (Lipinski definition) is 6. The Labute approximate surface area is 176 Å². The molecule has 0 aliphatic carbocycles. The van der Waals surface area contributed by atoms with Gasteiger partial charge in [-0.15, -0.1) is 0 Å². The van der Waals surface area contributed by atoms with Crippen LogP contribution >= 0.6 is 0 Å². The molecule has 1 aromatic rings.